The number of halogens is 1. The maximum absolute atomic E-state index is 12.7. The van der Waals surface area contributed by atoms with Gasteiger partial charge in [-0.05, 0) is 47.5 Å². The predicted octanol–water partition coefficient (Wildman–Crippen LogP) is 4.93. The number of aromatic amines is 1. The van der Waals surface area contributed by atoms with E-state index in [2.05, 4.69) is 10.3 Å². The van der Waals surface area contributed by atoms with E-state index in [1.807, 2.05) is 48.7 Å². The van der Waals surface area contributed by atoms with Crippen LogP contribution in [-0.2, 0) is 22.6 Å². The maximum atomic E-state index is 12.7. The molecule has 2 heterocycles. The van der Waals surface area contributed by atoms with Gasteiger partial charge < -0.3 is 19.9 Å². The number of amides is 2. The number of para-hydroxylation sites is 1. The van der Waals surface area contributed by atoms with E-state index in [1.165, 1.54) is 0 Å². The fraction of sp³-hybridized carbons (Fsp3) is 0.120. The van der Waals surface area contributed by atoms with E-state index in [0.29, 0.717) is 28.7 Å². The van der Waals surface area contributed by atoms with Gasteiger partial charge in [0.2, 0.25) is 5.91 Å². The Bertz CT molecular complexity index is 1330. The molecule has 0 bridgehead atoms. The fourth-order valence-corrected chi connectivity index (χ4v) is 4.14. The van der Waals surface area contributed by atoms with Gasteiger partial charge in [0, 0.05) is 27.8 Å². The molecule has 1 aromatic heterocycles. The summed E-state index contributed by atoms with van der Waals surface area (Å²) in [5.41, 5.74) is 4.05. The Hall–Kier alpha value is -3.77. The number of rotatable bonds is 5. The van der Waals surface area contributed by atoms with Crippen molar-refractivity contribution in [3.05, 3.63) is 89.1 Å². The monoisotopic (exact) mass is 445 g/mol. The zero-order chi connectivity index (χ0) is 22.1. The van der Waals surface area contributed by atoms with Crippen molar-refractivity contribution < 1.29 is 14.3 Å². The molecule has 1 aliphatic heterocycles. The second kappa shape index (κ2) is 8.40. The van der Waals surface area contributed by atoms with Gasteiger partial charge >= 0.3 is 0 Å². The van der Waals surface area contributed by atoms with Crippen LogP contribution in [0.15, 0.2) is 72.9 Å². The molecule has 5 rings (SSSR count). The van der Waals surface area contributed by atoms with E-state index in [1.54, 1.807) is 29.2 Å². The number of hydrogen-bond acceptors (Lipinski definition) is 3. The van der Waals surface area contributed by atoms with Crippen LogP contribution < -0.4 is 15.0 Å². The minimum Gasteiger partial charge on any atom is -0.482 e. The summed E-state index contributed by atoms with van der Waals surface area (Å²) in [5.74, 6) is 0.306. The first-order valence-electron chi connectivity index (χ1n) is 10.2. The molecule has 32 heavy (non-hydrogen) atoms. The van der Waals surface area contributed by atoms with Crippen molar-refractivity contribution in [2.24, 2.45) is 0 Å². The Morgan fingerprint density at radius 3 is 2.84 bits per heavy atom. The van der Waals surface area contributed by atoms with E-state index < -0.39 is 0 Å². The average Bonchev–Trinajstić information content (AvgIpc) is 3.19. The van der Waals surface area contributed by atoms with Gasteiger partial charge in [0.15, 0.2) is 6.61 Å². The minimum atomic E-state index is -0.153. The molecule has 1 aliphatic rings. The second-order valence-electron chi connectivity index (χ2n) is 7.67. The quantitative estimate of drug-likeness (QED) is 0.457. The number of benzene rings is 3. The summed E-state index contributed by atoms with van der Waals surface area (Å²) in [6.45, 7) is 0.336. The predicted molar refractivity (Wildman–Crippen MR) is 125 cm³/mol. The zero-order valence-electron chi connectivity index (χ0n) is 17.1. The molecule has 160 valence electrons. The lowest BCUT2D eigenvalue weighted by atomic mass is 10.1. The van der Waals surface area contributed by atoms with Gasteiger partial charge in [-0.3, -0.25) is 9.59 Å². The van der Waals surface area contributed by atoms with Crippen LogP contribution in [-0.4, -0.2) is 23.4 Å². The number of ether oxygens (including phenoxy) is 1. The highest BCUT2D eigenvalue weighted by atomic mass is 35.5. The van der Waals surface area contributed by atoms with E-state index in [-0.39, 0.29) is 24.8 Å². The third kappa shape index (κ3) is 4.05. The van der Waals surface area contributed by atoms with Crippen LogP contribution in [0.25, 0.3) is 10.9 Å². The Balaban J connectivity index is 1.36. The summed E-state index contributed by atoms with van der Waals surface area (Å²) in [6, 6.07) is 20.6. The van der Waals surface area contributed by atoms with E-state index in [9.17, 15) is 9.59 Å². The molecule has 0 saturated carbocycles. The highest BCUT2D eigenvalue weighted by Crippen LogP contribution is 2.35. The topological polar surface area (TPSA) is 74.4 Å². The van der Waals surface area contributed by atoms with Crippen LogP contribution in [0.4, 0.5) is 11.4 Å². The molecule has 2 amide bonds. The lowest BCUT2D eigenvalue weighted by Crippen LogP contribution is -2.38. The van der Waals surface area contributed by atoms with Crippen LogP contribution in [0.5, 0.6) is 5.75 Å². The number of nitrogens with zero attached hydrogens (tertiary/aromatic N) is 1. The fourth-order valence-electron chi connectivity index (χ4n) is 3.93. The maximum Gasteiger partial charge on any atom is 0.265 e. The van der Waals surface area contributed by atoms with E-state index in [4.69, 9.17) is 16.3 Å². The first kappa shape index (κ1) is 20.2. The third-order valence-corrected chi connectivity index (χ3v) is 5.68. The number of carbonyl (C=O) groups is 2. The van der Waals surface area contributed by atoms with Crippen molar-refractivity contribution in [1.29, 1.82) is 0 Å². The van der Waals surface area contributed by atoms with Crippen LogP contribution >= 0.6 is 11.6 Å². The number of hydrogen-bond donors (Lipinski definition) is 2. The van der Waals surface area contributed by atoms with Gasteiger partial charge in [0.1, 0.15) is 5.75 Å². The van der Waals surface area contributed by atoms with E-state index >= 15 is 0 Å². The molecular formula is C25H20ClN3O3. The summed E-state index contributed by atoms with van der Waals surface area (Å²) < 4.78 is 5.59. The third-order valence-electron chi connectivity index (χ3n) is 5.44. The largest absolute Gasteiger partial charge is 0.482 e. The van der Waals surface area contributed by atoms with Crippen molar-refractivity contribution >= 4 is 45.7 Å². The molecule has 0 saturated heterocycles. The van der Waals surface area contributed by atoms with Gasteiger partial charge in [-0.1, -0.05) is 41.9 Å². The number of fused-ring (bicyclic) bond motifs is 2. The van der Waals surface area contributed by atoms with Gasteiger partial charge in [-0.2, -0.15) is 0 Å². The number of anilines is 2. The Labute approximate surface area is 189 Å². The van der Waals surface area contributed by atoms with E-state index in [0.717, 1.165) is 22.0 Å². The Morgan fingerprint density at radius 1 is 1.09 bits per heavy atom. The highest BCUT2D eigenvalue weighted by molar-refractivity contribution is 6.30. The standard InChI is InChI=1S/C25H20ClN3O3/c26-18-5-3-4-16(10-18)14-29-22-12-19(8-9-23(22)32-15-25(29)31)28-24(30)11-17-13-27-21-7-2-1-6-20(17)21/h1-10,12-13,27H,11,14-15H2,(H,28,30). The summed E-state index contributed by atoms with van der Waals surface area (Å²) in [4.78, 5) is 30.1. The van der Waals surface area contributed by atoms with Crippen LogP contribution in [0.2, 0.25) is 5.02 Å². The average molecular weight is 446 g/mol. The normalized spacial score (nSPS) is 13.0. The van der Waals surface area contributed by atoms with Crippen molar-refractivity contribution in [3.8, 4) is 5.75 Å². The summed E-state index contributed by atoms with van der Waals surface area (Å²) >= 11 is 6.10. The number of H-pyrrole nitrogens is 1. The summed E-state index contributed by atoms with van der Waals surface area (Å²) in [6.07, 6.45) is 2.10. The Morgan fingerprint density at radius 2 is 1.97 bits per heavy atom. The number of aromatic nitrogens is 1. The van der Waals surface area contributed by atoms with Crippen molar-refractivity contribution in [3.63, 3.8) is 0 Å². The Kier molecular flexibility index (Phi) is 5.29. The van der Waals surface area contributed by atoms with Gasteiger partial charge in [0.05, 0.1) is 18.7 Å². The molecule has 0 unspecified atom stereocenters. The first-order chi connectivity index (χ1) is 15.6. The lowest BCUT2D eigenvalue weighted by molar-refractivity contribution is -0.121. The van der Waals surface area contributed by atoms with Crippen LogP contribution in [0, 0.1) is 0 Å². The molecule has 2 N–H and O–H groups in total. The van der Waals surface area contributed by atoms with Gasteiger partial charge in [0.25, 0.3) is 5.91 Å². The first-order valence-corrected chi connectivity index (χ1v) is 10.6. The molecule has 0 radical (unpaired) electrons. The zero-order valence-corrected chi connectivity index (χ0v) is 17.9. The molecule has 6 nitrogen and oxygen atoms in total. The lowest BCUT2D eigenvalue weighted by Gasteiger charge is -2.30. The molecule has 0 spiro atoms. The number of nitrogens with one attached hydrogen (secondary N) is 2. The smallest absolute Gasteiger partial charge is 0.265 e. The molecule has 3 aromatic carbocycles. The van der Waals surface area contributed by atoms with Crippen LogP contribution in [0.3, 0.4) is 0 Å². The number of carbonyl (C=O) groups excluding carboxylic acids is 2. The minimum absolute atomic E-state index is 0.0279. The molecular weight excluding hydrogens is 426 g/mol. The molecule has 7 heteroatoms. The summed E-state index contributed by atoms with van der Waals surface area (Å²) in [7, 11) is 0. The van der Waals surface area contributed by atoms with Crippen molar-refractivity contribution in [2.45, 2.75) is 13.0 Å². The highest BCUT2D eigenvalue weighted by Gasteiger charge is 2.26. The second-order valence-corrected chi connectivity index (χ2v) is 8.10. The van der Waals surface area contributed by atoms with Crippen molar-refractivity contribution in [1.82, 2.24) is 4.98 Å². The molecule has 0 aliphatic carbocycles. The van der Waals surface area contributed by atoms with Crippen LogP contribution in [0.1, 0.15) is 11.1 Å². The van der Waals surface area contributed by atoms with Gasteiger partial charge in [-0.15, -0.1) is 0 Å². The summed E-state index contributed by atoms with van der Waals surface area (Å²) in [5, 5.41) is 4.58. The SMILES string of the molecule is O=C(Cc1c[nH]c2ccccc12)Nc1ccc2c(c1)N(Cc1cccc(Cl)c1)C(=O)CO2. The molecule has 0 fully saturated rings. The van der Waals surface area contributed by atoms with Crippen molar-refractivity contribution in [2.75, 3.05) is 16.8 Å². The van der Waals surface area contributed by atoms with Gasteiger partial charge in [-0.25, -0.2) is 0 Å². The molecule has 0 atom stereocenters. The molecule has 4 aromatic rings.